The van der Waals surface area contributed by atoms with Gasteiger partial charge in [-0.25, -0.2) is 9.80 Å². The highest BCUT2D eigenvalue weighted by Crippen LogP contribution is 2.38. The molecule has 2 aromatic rings. The summed E-state index contributed by atoms with van der Waals surface area (Å²) in [5.74, 6) is 0.120. The monoisotopic (exact) mass is 456 g/mol. The second-order valence-electron chi connectivity index (χ2n) is 7.24. The minimum Gasteiger partial charge on any atom is -0.493 e. The van der Waals surface area contributed by atoms with E-state index in [0.717, 1.165) is 10.5 Å². The Hall–Kier alpha value is -3.59. The maximum absolute atomic E-state index is 13.2. The van der Waals surface area contributed by atoms with E-state index in [4.69, 9.17) is 21.1 Å². The fourth-order valence-electron chi connectivity index (χ4n) is 3.74. The van der Waals surface area contributed by atoms with Crippen molar-refractivity contribution in [1.29, 1.82) is 0 Å². The van der Waals surface area contributed by atoms with Crippen LogP contribution in [0.4, 0.5) is 4.79 Å². The Kier molecular flexibility index (Phi) is 6.00. The molecule has 10 heteroatoms. The number of nitrogens with one attached hydrogen (secondary N) is 1. The molecule has 166 valence electrons. The van der Waals surface area contributed by atoms with Crippen LogP contribution in [-0.2, 0) is 9.59 Å². The van der Waals surface area contributed by atoms with Gasteiger partial charge in [-0.05, 0) is 23.8 Å². The zero-order valence-electron chi connectivity index (χ0n) is 17.5. The van der Waals surface area contributed by atoms with E-state index in [2.05, 4.69) is 10.4 Å². The van der Waals surface area contributed by atoms with E-state index >= 15 is 0 Å². The summed E-state index contributed by atoms with van der Waals surface area (Å²) in [5, 5.41) is 8.77. The number of benzene rings is 2. The SMILES string of the molecule is COc1ccc(C2CC(c3ccccc3Cl)=NN2C(=O)CN2C(=O)CNC2=O)cc1OC. The van der Waals surface area contributed by atoms with Crippen LogP contribution in [0.15, 0.2) is 47.6 Å². The van der Waals surface area contributed by atoms with Crippen LogP contribution in [0.25, 0.3) is 0 Å². The van der Waals surface area contributed by atoms with Crippen LogP contribution in [0.1, 0.15) is 23.6 Å². The van der Waals surface area contributed by atoms with Gasteiger partial charge in [-0.2, -0.15) is 5.10 Å². The van der Waals surface area contributed by atoms with Crippen LogP contribution in [0, 0.1) is 0 Å². The molecule has 1 saturated heterocycles. The van der Waals surface area contributed by atoms with E-state index in [0.29, 0.717) is 34.2 Å². The number of amides is 4. The molecular formula is C22H21ClN4O5. The van der Waals surface area contributed by atoms with Gasteiger partial charge in [0.05, 0.1) is 32.5 Å². The molecule has 2 aliphatic rings. The molecule has 2 aromatic carbocycles. The van der Waals surface area contributed by atoms with Crippen molar-refractivity contribution in [2.75, 3.05) is 27.3 Å². The summed E-state index contributed by atoms with van der Waals surface area (Å²) in [6.07, 6.45) is 0.394. The van der Waals surface area contributed by atoms with E-state index in [1.165, 1.54) is 12.1 Å². The van der Waals surface area contributed by atoms with E-state index in [9.17, 15) is 14.4 Å². The predicted molar refractivity (Wildman–Crippen MR) is 117 cm³/mol. The van der Waals surface area contributed by atoms with Crippen LogP contribution in [0.3, 0.4) is 0 Å². The summed E-state index contributed by atoms with van der Waals surface area (Å²) in [6, 6.07) is 11.5. The molecule has 0 radical (unpaired) electrons. The summed E-state index contributed by atoms with van der Waals surface area (Å²) < 4.78 is 10.7. The number of carbonyl (C=O) groups excluding carboxylic acids is 3. The van der Waals surface area contributed by atoms with Gasteiger partial charge in [-0.1, -0.05) is 35.9 Å². The number of nitrogens with zero attached hydrogens (tertiary/aromatic N) is 3. The molecule has 0 spiro atoms. The smallest absolute Gasteiger partial charge is 0.325 e. The molecule has 32 heavy (non-hydrogen) atoms. The first-order chi connectivity index (χ1) is 15.4. The Bertz CT molecular complexity index is 1100. The molecule has 1 atom stereocenters. The summed E-state index contributed by atoms with van der Waals surface area (Å²) in [5.41, 5.74) is 2.10. The van der Waals surface area contributed by atoms with Crippen molar-refractivity contribution in [3.8, 4) is 11.5 Å². The fourth-order valence-corrected chi connectivity index (χ4v) is 3.99. The number of methoxy groups -OCH3 is 2. The minimum atomic E-state index is -0.597. The largest absolute Gasteiger partial charge is 0.493 e. The lowest BCUT2D eigenvalue weighted by molar-refractivity contribution is -0.137. The molecule has 4 rings (SSSR count). The van der Waals surface area contributed by atoms with Gasteiger partial charge in [-0.15, -0.1) is 0 Å². The summed E-state index contributed by atoms with van der Waals surface area (Å²) in [7, 11) is 3.07. The van der Waals surface area contributed by atoms with Crippen LogP contribution >= 0.6 is 11.6 Å². The van der Waals surface area contributed by atoms with Crippen LogP contribution in [0.2, 0.25) is 5.02 Å². The topological polar surface area (TPSA) is 101 Å². The van der Waals surface area contributed by atoms with E-state index < -0.39 is 30.4 Å². The zero-order chi connectivity index (χ0) is 22.8. The molecule has 9 nitrogen and oxygen atoms in total. The van der Waals surface area contributed by atoms with Gasteiger partial charge in [0.15, 0.2) is 11.5 Å². The van der Waals surface area contributed by atoms with Crippen LogP contribution in [-0.4, -0.2) is 60.8 Å². The number of carbonyl (C=O) groups is 3. The van der Waals surface area contributed by atoms with Crippen molar-refractivity contribution in [1.82, 2.24) is 15.2 Å². The highest BCUT2D eigenvalue weighted by atomic mass is 35.5. The first kappa shape index (κ1) is 21.6. The third-order valence-electron chi connectivity index (χ3n) is 5.37. The van der Waals surface area contributed by atoms with E-state index in [1.54, 1.807) is 25.3 Å². The average Bonchev–Trinajstić information content (AvgIpc) is 3.38. The van der Waals surface area contributed by atoms with Gasteiger partial charge < -0.3 is 14.8 Å². The lowest BCUT2D eigenvalue weighted by Gasteiger charge is -2.24. The van der Waals surface area contributed by atoms with Gasteiger partial charge in [0.2, 0.25) is 0 Å². The standard InChI is InChI=1S/C22H21ClN4O5/c1-31-18-8-7-13(9-19(18)32-2)17-10-16(14-5-3-4-6-15(14)23)25-27(17)21(29)12-26-20(28)11-24-22(26)30/h3-9,17H,10-12H2,1-2H3,(H,24,30). The van der Waals surface area contributed by atoms with Crippen LogP contribution in [0.5, 0.6) is 11.5 Å². The highest BCUT2D eigenvalue weighted by Gasteiger charge is 2.38. The number of ether oxygens (including phenoxy) is 2. The van der Waals surface area contributed by atoms with Crippen LogP contribution < -0.4 is 14.8 Å². The minimum absolute atomic E-state index is 0.126. The Labute approximate surface area is 189 Å². The number of hydrogen-bond donors (Lipinski definition) is 1. The predicted octanol–water partition coefficient (Wildman–Crippen LogP) is 2.59. The van der Waals surface area contributed by atoms with Crippen molar-refractivity contribution in [2.45, 2.75) is 12.5 Å². The molecule has 1 unspecified atom stereocenters. The third kappa shape index (κ3) is 3.99. The first-order valence-electron chi connectivity index (χ1n) is 9.87. The van der Waals surface area contributed by atoms with Crippen molar-refractivity contribution < 1.29 is 23.9 Å². The molecule has 4 amide bonds. The normalized spacial score (nSPS) is 18.0. The average molecular weight is 457 g/mol. The molecule has 1 N–H and O–H groups in total. The number of halogens is 1. The lowest BCUT2D eigenvalue weighted by Crippen LogP contribution is -2.41. The number of urea groups is 1. The van der Waals surface area contributed by atoms with Crippen molar-refractivity contribution in [2.24, 2.45) is 5.10 Å². The molecule has 0 bridgehead atoms. The molecule has 0 saturated carbocycles. The van der Waals surface area contributed by atoms with Gasteiger partial charge in [0.25, 0.3) is 11.8 Å². The summed E-state index contributed by atoms with van der Waals surface area (Å²) >= 11 is 6.36. The second kappa shape index (κ2) is 8.88. The van der Waals surface area contributed by atoms with E-state index in [1.807, 2.05) is 24.3 Å². The van der Waals surface area contributed by atoms with Crippen molar-refractivity contribution >= 4 is 35.2 Å². The van der Waals surface area contributed by atoms with Crippen molar-refractivity contribution in [3.05, 3.63) is 58.6 Å². The molecule has 2 aliphatic heterocycles. The Morgan fingerprint density at radius 1 is 1.16 bits per heavy atom. The molecule has 0 aliphatic carbocycles. The highest BCUT2D eigenvalue weighted by molar-refractivity contribution is 6.34. The number of rotatable bonds is 6. The Morgan fingerprint density at radius 2 is 1.91 bits per heavy atom. The number of hydrazone groups is 1. The lowest BCUT2D eigenvalue weighted by atomic mass is 9.98. The van der Waals surface area contributed by atoms with Gasteiger partial charge in [0.1, 0.15) is 6.54 Å². The second-order valence-corrected chi connectivity index (χ2v) is 7.64. The quantitative estimate of drug-likeness (QED) is 0.673. The number of hydrogen-bond acceptors (Lipinski definition) is 6. The van der Waals surface area contributed by atoms with Gasteiger partial charge in [0, 0.05) is 17.0 Å². The van der Waals surface area contributed by atoms with E-state index in [-0.39, 0.29) is 6.54 Å². The molecule has 2 heterocycles. The van der Waals surface area contributed by atoms with Crippen molar-refractivity contribution in [3.63, 3.8) is 0 Å². The Balaban J connectivity index is 1.69. The van der Waals surface area contributed by atoms with Gasteiger partial charge >= 0.3 is 6.03 Å². The summed E-state index contributed by atoms with van der Waals surface area (Å²) in [6.45, 7) is -0.535. The maximum Gasteiger partial charge on any atom is 0.325 e. The first-order valence-corrected chi connectivity index (χ1v) is 10.2. The molecule has 0 aromatic heterocycles. The van der Waals surface area contributed by atoms with Gasteiger partial charge in [-0.3, -0.25) is 14.5 Å². The zero-order valence-corrected chi connectivity index (χ0v) is 18.3. The fraction of sp³-hybridized carbons (Fsp3) is 0.273. The Morgan fingerprint density at radius 3 is 2.56 bits per heavy atom. The maximum atomic E-state index is 13.2. The summed E-state index contributed by atoms with van der Waals surface area (Å²) in [4.78, 5) is 37.9. The third-order valence-corrected chi connectivity index (χ3v) is 5.70. The number of imide groups is 1. The molecular weight excluding hydrogens is 436 g/mol. The molecule has 1 fully saturated rings.